The number of anilines is 2. The lowest BCUT2D eigenvalue weighted by Gasteiger charge is -2.05. The standard InChI is InChI=1S/C17H12Cl2N6O/c1-26-13-7-12(21-8-22-13)24-17-15-11(5-6-20-17)23-16(25-15)14-9(18)3-2-4-10(14)19/h2-8H,1H3,(H,23,25)(H,20,21,22,24). The van der Waals surface area contributed by atoms with Crippen molar-refractivity contribution < 1.29 is 4.74 Å². The number of rotatable bonds is 4. The van der Waals surface area contributed by atoms with Crippen LogP contribution in [0.15, 0.2) is 42.9 Å². The van der Waals surface area contributed by atoms with Crippen LogP contribution in [0.5, 0.6) is 5.88 Å². The highest BCUT2D eigenvalue weighted by molar-refractivity contribution is 6.39. The maximum atomic E-state index is 6.29. The lowest BCUT2D eigenvalue weighted by Crippen LogP contribution is -1.98. The zero-order valence-corrected chi connectivity index (χ0v) is 15.0. The Morgan fingerprint density at radius 2 is 1.88 bits per heavy atom. The summed E-state index contributed by atoms with van der Waals surface area (Å²) in [7, 11) is 1.54. The second kappa shape index (κ2) is 6.78. The van der Waals surface area contributed by atoms with Crippen molar-refractivity contribution in [2.75, 3.05) is 12.4 Å². The number of pyridine rings is 1. The van der Waals surface area contributed by atoms with Gasteiger partial charge in [-0.15, -0.1) is 0 Å². The number of nitrogens with zero attached hydrogens (tertiary/aromatic N) is 4. The number of imidazole rings is 1. The number of hydrogen-bond donors (Lipinski definition) is 2. The summed E-state index contributed by atoms with van der Waals surface area (Å²) in [6, 6.07) is 8.80. The second-order valence-electron chi connectivity index (χ2n) is 5.31. The van der Waals surface area contributed by atoms with E-state index in [1.807, 2.05) is 6.07 Å². The Labute approximate surface area is 158 Å². The number of methoxy groups -OCH3 is 1. The van der Waals surface area contributed by atoms with E-state index in [0.29, 0.717) is 44.5 Å². The second-order valence-corrected chi connectivity index (χ2v) is 6.12. The van der Waals surface area contributed by atoms with Crippen molar-refractivity contribution in [3.63, 3.8) is 0 Å². The van der Waals surface area contributed by atoms with Crippen molar-refractivity contribution >= 4 is 45.9 Å². The third-order valence-corrected chi connectivity index (χ3v) is 4.33. The third kappa shape index (κ3) is 3.02. The molecule has 0 saturated heterocycles. The summed E-state index contributed by atoms with van der Waals surface area (Å²) in [5, 5.41) is 4.15. The summed E-state index contributed by atoms with van der Waals surface area (Å²) in [5.41, 5.74) is 2.06. The third-order valence-electron chi connectivity index (χ3n) is 3.70. The summed E-state index contributed by atoms with van der Waals surface area (Å²) in [5.74, 6) is 2.08. The molecule has 0 aliphatic rings. The molecule has 2 N–H and O–H groups in total. The molecule has 0 unspecified atom stereocenters. The molecule has 0 amide bonds. The average Bonchev–Trinajstić information content (AvgIpc) is 3.06. The molecule has 3 aromatic heterocycles. The highest BCUT2D eigenvalue weighted by Gasteiger charge is 2.15. The Bertz CT molecular complexity index is 1080. The SMILES string of the molecule is COc1cc(Nc2nccc3[nH]c(-c4c(Cl)cccc4Cl)nc23)ncn1. The number of hydrogen-bond acceptors (Lipinski definition) is 6. The number of ether oxygens (including phenoxy) is 1. The van der Waals surface area contributed by atoms with Gasteiger partial charge in [-0.05, 0) is 18.2 Å². The molecule has 0 saturated carbocycles. The first-order valence-corrected chi connectivity index (χ1v) is 8.33. The highest BCUT2D eigenvalue weighted by Crippen LogP contribution is 2.34. The molecule has 9 heteroatoms. The van der Waals surface area contributed by atoms with Crippen LogP contribution < -0.4 is 10.1 Å². The van der Waals surface area contributed by atoms with Crippen LogP contribution in [0.1, 0.15) is 0 Å². The van der Waals surface area contributed by atoms with E-state index < -0.39 is 0 Å². The highest BCUT2D eigenvalue weighted by atomic mass is 35.5. The Kier molecular flexibility index (Phi) is 4.32. The van der Waals surface area contributed by atoms with E-state index in [1.165, 1.54) is 6.33 Å². The molecular formula is C17H12Cl2N6O. The first kappa shape index (κ1) is 16.6. The number of aromatic nitrogens is 5. The van der Waals surface area contributed by atoms with Gasteiger partial charge in [-0.3, -0.25) is 0 Å². The Hall–Kier alpha value is -2.90. The first-order valence-electron chi connectivity index (χ1n) is 7.58. The zero-order valence-electron chi connectivity index (χ0n) is 13.5. The predicted octanol–water partition coefficient (Wildman–Crippen LogP) is 4.47. The number of H-pyrrole nitrogens is 1. The lowest BCUT2D eigenvalue weighted by molar-refractivity contribution is 0.397. The number of fused-ring (bicyclic) bond motifs is 1. The molecule has 26 heavy (non-hydrogen) atoms. The van der Waals surface area contributed by atoms with Crippen LogP contribution in [-0.2, 0) is 0 Å². The number of aromatic amines is 1. The molecule has 7 nitrogen and oxygen atoms in total. The molecule has 130 valence electrons. The summed E-state index contributed by atoms with van der Waals surface area (Å²) in [6.45, 7) is 0. The molecular weight excluding hydrogens is 375 g/mol. The smallest absolute Gasteiger partial charge is 0.218 e. The summed E-state index contributed by atoms with van der Waals surface area (Å²) < 4.78 is 5.11. The fourth-order valence-electron chi connectivity index (χ4n) is 2.51. The van der Waals surface area contributed by atoms with E-state index in [0.717, 1.165) is 5.52 Å². The lowest BCUT2D eigenvalue weighted by atomic mass is 10.2. The average molecular weight is 387 g/mol. The predicted molar refractivity (Wildman–Crippen MR) is 101 cm³/mol. The van der Waals surface area contributed by atoms with E-state index >= 15 is 0 Å². The molecule has 0 atom stereocenters. The molecule has 0 radical (unpaired) electrons. The van der Waals surface area contributed by atoms with Gasteiger partial charge in [0.25, 0.3) is 0 Å². The quantitative estimate of drug-likeness (QED) is 0.537. The van der Waals surface area contributed by atoms with Crippen molar-refractivity contribution in [1.82, 2.24) is 24.9 Å². The van der Waals surface area contributed by atoms with E-state index in [9.17, 15) is 0 Å². The molecule has 0 aliphatic carbocycles. The maximum absolute atomic E-state index is 6.29. The van der Waals surface area contributed by atoms with Crippen LogP contribution in [-0.4, -0.2) is 32.0 Å². The Morgan fingerprint density at radius 3 is 2.65 bits per heavy atom. The van der Waals surface area contributed by atoms with E-state index in [-0.39, 0.29) is 0 Å². The Morgan fingerprint density at radius 1 is 1.08 bits per heavy atom. The normalized spacial score (nSPS) is 10.9. The largest absolute Gasteiger partial charge is 0.481 e. The number of benzene rings is 1. The van der Waals surface area contributed by atoms with Gasteiger partial charge in [-0.2, -0.15) is 0 Å². The van der Waals surface area contributed by atoms with Gasteiger partial charge in [0, 0.05) is 12.3 Å². The van der Waals surface area contributed by atoms with E-state index in [1.54, 1.807) is 37.6 Å². The van der Waals surface area contributed by atoms with Crippen molar-refractivity contribution in [1.29, 1.82) is 0 Å². The van der Waals surface area contributed by atoms with Gasteiger partial charge in [0.2, 0.25) is 5.88 Å². The minimum absolute atomic E-state index is 0.445. The van der Waals surface area contributed by atoms with Gasteiger partial charge in [0.05, 0.1) is 28.2 Å². The Balaban J connectivity index is 1.79. The van der Waals surface area contributed by atoms with Crippen molar-refractivity contribution in [2.24, 2.45) is 0 Å². The summed E-state index contributed by atoms with van der Waals surface area (Å²) in [6.07, 6.45) is 3.07. The van der Waals surface area contributed by atoms with Gasteiger partial charge >= 0.3 is 0 Å². The molecule has 4 aromatic rings. The molecule has 4 rings (SSSR count). The van der Waals surface area contributed by atoms with E-state index in [4.69, 9.17) is 27.9 Å². The van der Waals surface area contributed by atoms with Crippen LogP contribution in [0.3, 0.4) is 0 Å². The van der Waals surface area contributed by atoms with Crippen LogP contribution in [0.2, 0.25) is 10.0 Å². The minimum atomic E-state index is 0.445. The van der Waals surface area contributed by atoms with Crippen LogP contribution in [0.4, 0.5) is 11.6 Å². The van der Waals surface area contributed by atoms with Gasteiger partial charge in [0.15, 0.2) is 5.82 Å². The van der Waals surface area contributed by atoms with Crippen LogP contribution in [0.25, 0.3) is 22.4 Å². The van der Waals surface area contributed by atoms with Crippen LogP contribution in [0, 0.1) is 0 Å². The van der Waals surface area contributed by atoms with Gasteiger partial charge in [0.1, 0.15) is 23.5 Å². The van der Waals surface area contributed by atoms with Crippen molar-refractivity contribution in [3.8, 4) is 17.3 Å². The van der Waals surface area contributed by atoms with Gasteiger partial charge in [-0.25, -0.2) is 19.9 Å². The van der Waals surface area contributed by atoms with Gasteiger partial charge < -0.3 is 15.0 Å². The molecule has 0 fully saturated rings. The maximum Gasteiger partial charge on any atom is 0.218 e. The molecule has 0 spiro atoms. The summed E-state index contributed by atoms with van der Waals surface area (Å²) >= 11 is 12.6. The fourth-order valence-corrected chi connectivity index (χ4v) is 3.09. The van der Waals surface area contributed by atoms with Crippen molar-refractivity contribution in [3.05, 3.63) is 52.9 Å². The molecule has 0 aliphatic heterocycles. The molecule has 1 aromatic carbocycles. The molecule has 0 bridgehead atoms. The number of nitrogens with one attached hydrogen (secondary N) is 2. The zero-order chi connectivity index (χ0) is 18.1. The first-order chi connectivity index (χ1) is 12.7. The topological polar surface area (TPSA) is 88.6 Å². The monoisotopic (exact) mass is 386 g/mol. The number of halogens is 2. The van der Waals surface area contributed by atoms with Crippen LogP contribution >= 0.6 is 23.2 Å². The van der Waals surface area contributed by atoms with Gasteiger partial charge in [-0.1, -0.05) is 29.3 Å². The summed E-state index contributed by atoms with van der Waals surface area (Å²) in [4.78, 5) is 20.3. The molecule has 3 heterocycles. The van der Waals surface area contributed by atoms with Crippen molar-refractivity contribution in [2.45, 2.75) is 0 Å². The van der Waals surface area contributed by atoms with E-state index in [2.05, 4.69) is 30.2 Å². The fraction of sp³-hybridized carbons (Fsp3) is 0.0588. The minimum Gasteiger partial charge on any atom is -0.481 e.